The van der Waals surface area contributed by atoms with E-state index in [1.54, 1.807) is 6.20 Å². The van der Waals surface area contributed by atoms with Gasteiger partial charge in [0.1, 0.15) is 11.3 Å². The molecule has 0 bridgehead atoms. The van der Waals surface area contributed by atoms with Crippen molar-refractivity contribution in [2.75, 3.05) is 0 Å². The largest absolute Gasteiger partial charge is 0.328 e. The van der Waals surface area contributed by atoms with Gasteiger partial charge < -0.3 is 4.98 Å². The molecule has 0 amide bonds. The van der Waals surface area contributed by atoms with Crippen LogP contribution in [0.25, 0.3) is 11.2 Å². The molecular weight excluding hydrogens is 272 g/mol. The fourth-order valence-corrected chi connectivity index (χ4v) is 2.64. The first-order chi connectivity index (χ1) is 9.60. The third-order valence-corrected chi connectivity index (χ3v) is 3.61. The van der Waals surface area contributed by atoms with Gasteiger partial charge in [0.05, 0.1) is 17.9 Å². The highest BCUT2D eigenvalue weighted by molar-refractivity contribution is 7.71. The molecule has 0 unspecified atom stereocenters. The Morgan fingerprint density at radius 2 is 2.15 bits per heavy atom. The molecule has 0 fully saturated rings. The SMILES string of the molecule is CCn1nc(C)c2[nH]c(=S)n(Cc3ccnc(C)n3)c21. The number of rotatable bonds is 3. The van der Waals surface area contributed by atoms with E-state index in [1.807, 2.05) is 29.2 Å². The topological polar surface area (TPSA) is 64.3 Å². The zero-order valence-electron chi connectivity index (χ0n) is 11.7. The summed E-state index contributed by atoms with van der Waals surface area (Å²) in [4.78, 5) is 11.8. The Bertz CT molecular complexity index is 825. The maximum absolute atomic E-state index is 5.43. The van der Waals surface area contributed by atoms with Crippen LogP contribution in [0.1, 0.15) is 24.1 Å². The Hall–Kier alpha value is -2.02. The molecule has 3 heterocycles. The molecule has 3 rings (SSSR count). The molecule has 0 aliphatic heterocycles. The second-order valence-electron chi connectivity index (χ2n) is 4.71. The Kier molecular flexibility index (Phi) is 3.13. The van der Waals surface area contributed by atoms with Crippen LogP contribution in [0.4, 0.5) is 0 Å². The number of hydrogen-bond acceptors (Lipinski definition) is 4. The van der Waals surface area contributed by atoms with Crippen molar-refractivity contribution in [2.24, 2.45) is 0 Å². The first-order valence-electron chi connectivity index (χ1n) is 6.54. The highest BCUT2D eigenvalue weighted by atomic mass is 32.1. The van der Waals surface area contributed by atoms with Crippen molar-refractivity contribution < 1.29 is 0 Å². The monoisotopic (exact) mass is 288 g/mol. The van der Waals surface area contributed by atoms with Gasteiger partial charge in [0.15, 0.2) is 10.4 Å². The van der Waals surface area contributed by atoms with E-state index in [0.717, 1.165) is 34.9 Å². The summed E-state index contributed by atoms with van der Waals surface area (Å²) < 4.78 is 4.69. The molecule has 0 saturated heterocycles. The van der Waals surface area contributed by atoms with Crippen molar-refractivity contribution in [1.82, 2.24) is 29.3 Å². The fourth-order valence-electron chi connectivity index (χ4n) is 2.38. The van der Waals surface area contributed by atoms with Gasteiger partial charge in [-0.3, -0.25) is 4.57 Å². The van der Waals surface area contributed by atoms with Gasteiger partial charge in [-0.25, -0.2) is 14.6 Å². The van der Waals surface area contributed by atoms with E-state index in [9.17, 15) is 0 Å². The molecule has 3 aromatic heterocycles. The van der Waals surface area contributed by atoms with Crippen molar-refractivity contribution in [1.29, 1.82) is 0 Å². The molecule has 3 aromatic rings. The Morgan fingerprint density at radius 1 is 1.35 bits per heavy atom. The predicted molar refractivity (Wildman–Crippen MR) is 79.2 cm³/mol. The van der Waals surface area contributed by atoms with Crippen LogP contribution >= 0.6 is 12.2 Å². The second kappa shape index (κ2) is 4.82. The average molecular weight is 288 g/mol. The van der Waals surface area contributed by atoms with E-state index < -0.39 is 0 Å². The standard InChI is InChI=1S/C13H16N6S/c1-4-19-12-11(8(2)17-19)16-13(20)18(12)7-10-5-6-14-9(3)15-10/h5-6H,4,7H2,1-3H3,(H,16,20). The lowest BCUT2D eigenvalue weighted by molar-refractivity contribution is 0.640. The number of imidazole rings is 1. The first kappa shape index (κ1) is 13.0. The summed E-state index contributed by atoms with van der Waals surface area (Å²) in [5.41, 5.74) is 3.93. The lowest BCUT2D eigenvalue weighted by atomic mass is 10.4. The summed E-state index contributed by atoms with van der Waals surface area (Å²) in [6.45, 7) is 7.36. The molecule has 0 aliphatic carbocycles. The van der Waals surface area contributed by atoms with E-state index in [-0.39, 0.29) is 0 Å². The minimum atomic E-state index is 0.618. The third kappa shape index (κ3) is 2.03. The first-order valence-corrected chi connectivity index (χ1v) is 6.95. The molecule has 20 heavy (non-hydrogen) atoms. The van der Waals surface area contributed by atoms with Crippen molar-refractivity contribution >= 4 is 23.4 Å². The second-order valence-corrected chi connectivity index (χ2v) is 5.10. The lowest BCUT2D eigenvalue weighted by Gasteiger charge is -2.06. The number of nitrogens with one attached hydrogen (secondary N) is 1. The molecule has 1 N–H and O–H groups in total. The molecule has 0 aliphatic rings. The van der Waals surface area contributed by atoms with Crippen molar-refractivity contribution in [3.8, 4) is 0 Å². The maximum Gasteiger partial charge on any atom is 0.179 e. The van der Waals surface area contributed by atoms with E-state index in [0.29, 0.717) is 11.3 Å². The van der Waals surface area contributed by atoms with Crippen LogP contribution in [0.2, 0.25) is 0 Å². The number of H-pyrrole nitrogens is 1. The van der Waals surface area contributed by atoms with Gasteiger partial charge in [-0.1, -0.05) is 0 Å². The molecule has 6 nitrogen and oxygen atoms in total. The average Bonchev–Trinajstić information content (AvgIpc) is 2.89. The van der Waals surface area contributed by atoms with Gasteiger partial charge in [-0.2, -0.15) is 5.10 Å². The van der Waals surface area contributed by atoms with Crippen LogP contribution in [0.15, 0.2) is 12.3 Å². The molecule has 0 radical (unpaired) electrons. The van der Waals surface area contributed by atoms with E-state index in [2.05, 4.69) is 27.0 Å². The summed E-state index contributed by atoms with van der Waals surface area (Å²) in [5, 5.41) is 4.51. The number of aryl methyl sites for hydroxylation is 3. The number of fused-ring (bicyclic) bond motifs is 1. The molecular formula is C13H16N6S. The molecule has 7 heteroatoms. The van der Waals surface area contributed by atoms with Crippen LogP contribution in [0.3, 0.4) is 0 Å². The van der Waals surface area contributed by atoms with Crippen molar-refractivity contribution in [3.05, 3.63) is 34.2 Å². The molecule has 0 aromatic carbocycles. The maximum atomic E-state index is 5.43. The van der Waals surface area contributed by atoms with Crippen LogP contribution in [-0.4, -0.2) is 29.3 Å². The molecule has 0 spiro atoms. The number of nitrogens with zero attached hydrogens (tertiary/aromatic N) is 5. The highest BCUT2D eigenvalue weighted by Crippen LogP contribution is 2.18. The van der Waals surface area contributed by atoms with Crippen molar-refractivity contribution in [3.63, 3.8) is 0 Å². The number of aromatic amines is 1. The van der Waals surface area contributed by atoms with E-state index in [4.69, 9.17) is 12.2 Å². The van der Waals surface area contributed by atoms with Gasteiger partial charge in [0, 0.05) is 12.7 Å². The van der Waals surface area contributed by atoms with Gasteiger partial charge >= 0.3 is 0 Å². The van der Waals surface area contributed by atoms with Crippen LogP contribution in [-0.2, 0) is 13.1 Å². The molecule has 104 valence electrons. The Balaban J connectivity index is 2.16. The number of aromatic nitrogens is 6. The zero-order chi connectivity index (χ0) is 14.3. The zero-order valence-corrected chi connectivity index (χ0v) is 12.5. The summed E-state index contributed by atoms with van der Waals surface area (Å²) in [6.07, 6.45) is 1.77. The minimum Gasteiger partial charge on any atom is -0.328 e. The fraction of sp³-hybridized carbons (Fsp3) is 0.385. The van der Waals surface area contributed by atoms with Crippen molar-refractivity contribution in [2.45, 2.75) is 33.9 Å². The Morgan fingerprint density at radius 3 is 2.85 bits per heavy atom. The normalized spacial score (nSPS) is 11.3. The van der Waals surface area contributed by atoms with E-state index >= 15 is 0 Å². The van der Waals surface area contributed by atoms with Crippen LogP contribution in [0.5, 0.6) is 0 Å². The number of hydrogen-bond donors (Lipinski definition) is 1. The summed E-state index contributed by atoms with van der Waals surface area (Å²) in [5.74, 6) is 0.765. The highest BCUT2D eigenvalue weighted by Gasteiger charge is 2.14. The Labute approximate surface area is 121 Å². The van der Waals surface area contributed by atoms with Gasteiger partial charge in [-0.15, -0.1) is 0 Å². The summed E-state index contributed by atoms with van der Waals surface area (Å²) >= 11 is 5.43. The van der Waals surface area contributed by atoms with Crippen LogP contribution in [0, 0.1) is 18.6 Å². The summed E-state index contributed by atoms with van der Waals surface area (Å²) in [7, 11) is 0. The minimum absolute atomic E-state index is 0.618. The van der Waals surface area contributed by atoms with E-state index in [1.165, 1.54) is 0 Å². The molecule has 0 saturated carbocycles. The predicted octanol–water partition coefficient (Wildman–Crippen LogP) is 2.37. The van der Waals surface area contributed by atoms with Gasteiger partial charge in [0.25, 0.3) is 0 Å². The summed E-state index contributed by atoms with van der Waals surface area (Å²) in [6, 6.07) is 1.91. The quantitative estimate of drug-likeness (QED) is 0.752. The smallest absolute Gasteiger partial charge is 0.179 e. The molecule has 0 atom stereocenters. The lowest BCUT2D eigenvalue weighted by Crippen LogP contribution is -2.08. The van der Waals surface area contributed by atoms with Gasteiger partial charge in [0.2, 0.25) is 0 Å². The van der Waals surface area contributed by atoms with Crippen LogP contribution < -0.4 is 0 Å². The third-order valence-electron chi connectivity index (χ3n) is 3.29. The van der Waals surface area contributed by atoms with Gasteiger partial charge in [-0.05, 0) is 39.1 Å².